The number of carbonyl (C=O) groups is 3. The van der Waals surface area contributed by atoms with E-state index in [-0.39, 0.29) is 29.9 Å². The lowest BCUT2D eigenvalue weighted by atomic mass is 10.0. The van der Waals surface area contributed by atoms with Gasteiger partial charge in [0.15, 0.2) is 0 Å². The fourth-order valence-electron chi connectivity index (χ4n) is 3.15. The van der Waals surface area contributed by atoms with Gasteiger partial charge in [0, 0.05) is 31.8 Å². The molecule has 1 fully saturated rings. The minimum Gasteiger partial charge on any atom is -0.380 e. The van der Waals surface area contributed by atoms with Gasteiger partial charge in [0.1, 0.15) is 0 Å². The summed E-state index contributed by atoms with van der Waals surface area (Å²) in [5.41, 5.74) is 1.13. The van der Waals surface area contributed by atoms with Crippen LogP contribution >= 0.6 is 0 Å². The number of hydrogen-bond donors (Lipinski definition) is 0. The maximum Gasteiger partial charge on any atom is 0.261 e. The van der Waals surface area contributed by atoms with Crippen LogP contribution in [0.15, 0.2) is 18.2 Å². The molecule has 23 heavy (non-hydrogen) atoms. The SMILES string of the molecule is COC1CCN(C(=O)c2ccc3c(c2)C(=O)N(C(C)C)C3=O)C1. The highest BCUT2D eigenvalue weighted by Crippen LogP contribution is 2.26. The fourth-order valence-corrected chi connectivity index (χ4v) is 3.15. The van der Waals surface area contributed by atoms with Crippen LogP contribution < -0.4 is 0 Å². The predicted octanol–water partition coefficient (Wildman–Crippen LogP) is 1.55. The van der Waals surface area contributed by atoms with Crippen molar-refractivity contribution < 1.29 is 19.1 Å². The Kier molecular flexibility index (Phi) is 3.93. The van der Waals surface area contributed by atoms with Crippen molar-refractivity contribution in [1.29, 1.82) is 0 Å². The normalized spacial score (nSPS) is 20.6. The van der Waals surface area contributed by atoms with E-state index in [1.54, 1.807) is 44.1 Å². The number of methoxy groups -OCH3 is 1. The highest BCUT2D eigenvalue weighted by atomic mass is 16.5. The Morgan fingerprint density at radius 1 is 1.22 bits per heavy atom. The van der Waals surface area contributed by atoms with Crippen LogP contribution in [0.25, 0.3) is 0 Å². The summed E-state index contributed by atoms with van der Waals surface area (Å²) in [6.07, 6.45) is 0.874. The van der Waals surface area contributed by atoms with Crippen molar-refractivity contribution in [2.24, 2.45) is 0 Å². The smallest absolute Gasteiger partial charge is 0.261 e. The second-order valence-corrected chi connectivity index (χ2v) is 6.23. The van der Waals surface area contributed by atoms with Crippen molar-refractivity contribution in [2.45, 2.75) is 32.4 Å². The first-order valence-corrected chi connectivity index (χ1v) is 7.78. The lowest BCUT2D eigenvalue weighted by Gasteiger charge is -2.17. The summed E-state index contributed by atoms with van der Waals surface area (Å²) in [5.74, 6) is -0.749. The molecule has 1 aromatic carbocycles. The van der Waals surface area contributed by atoms with Gasteiger partial charge in [-0.1, -0.05) is 0 Å². The first kappa shape index (κ1) is 15.7. The molecule has 1 aromatic rings. The quantitative estimate of drug-likeness (QED) is 0.794. The van der Waals surface area contributed by atoms with E-state index in [2.05, 4.69) is 0 Å². The molecule has 0 N–H and O–H groups in total. The maximum atomic E-state index is 12.6. The summed E-state index contributed by atoms with van der Waals surface area (Å²) in [6.45, 7) is 4.78. The van der Waals surface area contributed by atoms with Gasteiger partial charge >= 0.3 is 0 Å². The van der Waals surface area contributed by atoms with Crippen LogP contribution in [0.2, 0.25) is 0 Å². The Balaban J connectivity index is 1.87. The van der Waals surface area contributed by atoms with E-state index in [0.717, 1.165) is 6.42 Å². The Hall–Kier alpha value is -2.21. The molecule has 6 heteroatoms. The molecule has 3 amide bonds. The molecule has 0 saturated carbocycles. The lowest BCUT2D eigenvalue weighted by molar-refractivity contribution is 0.0608. The summed E-state index contributed by atoms with van der Waals surface area (Å²) in [4.78, 5) is 40.2. The van der Waals surface area contributed by atoms with Gasteiger partial charge in [0.2, 0.25) is 0 Å². The third-order valence-electron chi connectivity index (χ3n) is 4.45. The monoisotopic (exact) mass is 316 g/mol. The summed E-state index contributed by atoms with van der Waals surface area (Å²) < 4.78 is 5.27. The van der Waals surface area contributed by atoms with Crippen LogP contribution in [-0.2, 0) is 4.74 Å². The average molecular weight is 316 g/mol. The molecule has 0 bridgehead atoms. The zero-order chi connectivity index (χ0) is 16.7. The number of fused-ring (bicyclic) bond motifs is 1. The summed E-state index contributed by atoms with van der Waals surface area (Å²) in [6, 6.07) is 4.54. The molecule has 1 atom stereocenters. The van der Waals surface area contributed by atoms with E-state index in [0.29, 0.717) is 29.8 Å². The standard InChI is InChI=1S/C17H20N2O4/c1-10(2)19-16(21)13-5-4-11(8-14(13)17(19)22)15(20)18-7-6-12(9-18)23-3/h4-5,8,10,12H,6-7,9H2,1-3H3. The van der Waals surface area contributed by atoms with Crippen molar-refractivity contribution in [3.05, 3.63) is 34.9 Å². The van der Waals surface area contributed by atoms with E-state index in [1.165, 1.54) is 4.90 Å². The molecule has 2 heterocycles. The molecule has 1 unspecified atom stereocenters. The van der Waals surface area contributed by atoms with Gasteiger partial charge in [0.05, 0.1) is 17.2 Å². The van der Waals surface area contributed by atoms with Gasteiger partial charge < -0.3 is 9.64 Å². The maximum absolute atomic E-state index is 12.6. The molecule has 2 aliphatic heterocycles. The Bertz CT molecular complexity index is 683. The number of hydrogen-bond acceptors (Lipinski definition) is 4. The zero-order valence-corrected chi connectivity index (χ0v) is 13.5. The first-order chi connectivity index (χ1) is 10.9. The molecule has 1 saturated heterocycles. The van der Waals surface area contributed by atoms with Crippen LogP contribution in [0.3, 0.4) is 0 Å². The molecular formula is C17H20N2O4. The van der Waals surface area contributed by atoms with E-state index < -0.39 is 0 Å². The number of ether oxygens (including phenoxy) is 1. The molecule has 0 spiro atoms. The third kappa shape index (κ3) is 2.53. The van der Waals surface area contributed by atoms with E-state index in [9.17, 15) is 14.4 Å². The van der Waals surface area contributed by atoms with Gasteiger partial charge in [-0.15, -0.1) is 0 Å². The number of amides is 3. The molecular weight excluding hydrogens is 296 g/mol. The topological polar surface area (TPSA) is 66.9 Å². The molecule has 2 aliphatic rings. The van der Waals surface area contributed by atoms with Gasteiger partial charge in [-0.25, -0.2) is 0 Å². The number of benzene rings is 1. The molecule has 3 rings (SSSR count). The van der Waals surface area contributed by atoms with Crippen molar-refractivity contribution in [1.82, 2.24) is 9.80 Å². The number of nitrogens with zero attached hydrogens (tertiary/aromatic N) is 2. The number of carbonyl (C=O) groups excluding carboxylic acids is 3. The van der Waals surface area contributed by atoms with Crippen molar-refractivity contribution >= 4 is 17.7 Å². The molecule has 0 aliphatic carbocycles. The van der Waals surface area contributed by atoms with Gasteiger partial charge in [-0.3, -0.25) is 19.3 Å². The second-order valence-electron chi connectivity index (χ2n) is 6.23. The molecule has 6 nitrogen and oxygen atoms in total. The highest BCUT2D eigenvalue weighted by Gasteiger charge is 2.38. The molecule has 122 valence electrons. The number of likely N-dealkylation sites (tertiary alicyclic amines) is 1. The lowest BCUT2D eigenvalue weighted by Crippen LogP contribution is -2.35. The van der Waals surface area contributed by atoms with Gasteiger partial charge in [0.25, 0.3) is 17.7 Å². The summed E-state index contributed by atoms with van der Waals surface area (Å²) >= 11 is 0. The third-order valence-corrected chi connectivity index (χ3v) is 4.45. The number of imide groups is 1. The minimum atomic E-state index is -0.328. The molecule has 0 aromatic heterocycles. The Morgan fingerprint density at radius 3 is 2.52 bits per heavy atom. The van der Waals surface area contributed by atoms with Crippen LogP contribution in [0.4, 0.5) is 0 Å². The first-order valence-electron chi connectivity index (χ1n) is 7.78. The van der Waals surface area contributed by atoms with E-state index in [4.69, 9.17) is 4.74 Å². The predicted molar refractivity (Wildman–Crippen MR) is 83.4 cm³/mol. The van der Waals surface area contributed by atoms with Gasteiger partial charge in [-0.05, 0) is 38.5 Å². The largest absolute Gasteiger partial charge is 0.380 e. The van der Waals surface area contributed by atoms with Crippen LogP contribution in [0.1, 0.15) is 51.3 Å². The van der Waals surface area contributed by atoms with Crippen molar-refractivity contribution in [3.63, 3.8) is 0 Å². The van der Waals surface area contributed by atoms with Crippen LogP contribution in [0, 0.1) is 0 Å². The van der Waals surface area contributed by atoms with Gasteiger partial charge in [-0.2, -0.15) is 0 Å². The summed E-state index contributed by atoms with van der Waals surface area (Å²) in [7, 11) is 1.64. The fraction of sp³-hybridized carbons (Fsp3) is 0.471. The van der Waals surface area contributed by atoms with Crippen molar-refractivity contribution in [3.8, 4) is 0 Å². The highest BCUT2D eigenvalue weighted by molar-refractivity contribution is 6.22. The summed E-state index contributed by atoms with van der Waals surface area (Å²) in [5, 5.41) is 0. The molecule has 0 radical (unpaired) electrons. The number of rotatable bonds is 3. The van der Waals surface area contributed by atoms with Crippen LogP contribution in [0.5, 0.6) is 0 Å². The van der Waals surface area contributed by atoms with Crippen molar-refractivity contribution in [2.75, 3.05) is 20.2 Å². The Morgan fingerprint density at radius 2 is 1.91 bits per heavy atom. The van der Waals surface area contributed by atoms with E-state index in [1.807, 2.05) is 0 Å². The van der Waals surface area contributed by atoms with E-state index >= 15 is 0 Å². The Labute approximate surface area is 135 Å². The average Bonchev–Trinajstić information content (AvgIpc) is 3.10. The van der Waals surface area contributed by atoms with Crippen LogP contribution in [-0.4, -0.2) is 59.9 Å². The second kappa shape index (κ2) is 5.77. The minimum absolute atomic E-state index is 0.0630. The zero-order valence-electron chi connectivity index (χ0n) is 13.5.